The molecule has 0 aromatic heterocycles. The van der Waals surface area contributed by atoms with Gasteiger partial charge in [-0.15, -0.1) is 0 Å². The lowest BCUT2D eigenvalue weighted by atomic mass is 10.0. The monoisotopic (exact) mass is 291 g/mol. The molecule has 0 aliphatic carbocycles. The van der Waals surface area contributed by atoms with Crippen LogP contribution in [0.5, 0.6) is 0 Å². The van der Waals surface area contributed by atoms with Gasteiger partial charge in [-0.1, -0.05) is 19.1 Å². The molecule has 0 radical (unpaired) electrons. The Labute approximate surface area is 116 Å². The number of aliphatic hydroxyl groups is 2. The summed E-state index contributed by atoms with van der Waals surface area (Å²) >= 11 is 0. The molecule has 1 aromatic carbocycles. The minimum atomic E-state index is -4.37. The highest BCUT2D eigenvalue weighted by Crippen LogP contribution is 2.29. The van der Waals surface area contributed by atoms with Crippen LogP contribution in [0.25, 0.3) is 0 Å². The second-order valence-corrected chi connectivity index (χ2v) is 5.12. The maximum atomic E-state index is 12.4. The number of hydrogen-bond acceptors (Lipinski definition) is 3. The average Bonchev–Trinajstić information content (AvgIpc) is 2.37. The fraction of sp³-hybridized carbons (Fsp3) is 0.571. The van der Waals surface area contributed by atoms with Crippen molar-refractivity contribution >= 4 is 0 Å². The summed E-state index contributed by atoms with van der Waals surface area (Å²) in [4.78, 5) is 0. The first-order chi connectivity index (χ1) is 9.15. The lowest BCUT2D eigenvalue weighted by Crippen LogP contribution is -2.38. The van der Waals surface area contributed by atoms with Crippen LogP contribution in [0.2, 0.25) is 0 Å². The maximum absolute atomic E-state index is 12.4. The molecule has 3 nitrogen and oxygen atoms in total. The molecule has 0 aliphatic heterocycles. The number of halogens is 3. The Morgan fingerprint density at radius 3 is 2.20 bits per heavy atom. The molecule has 3 N–H and O–H groups in total. The Balaban J connectivity index is 2.54. The van der Waals surface area contributed by atoms with E-state index in [2.05, 4.69) is 5.32 Å². The fourth-order valence-corrected chi connectivity index (χ4v) is 1.62. The number of rotatable bonds is 6. The molecule has 0 bridgehead atoms. The molecule has 6 heteroatoms. The molecule has 0 aliphatic rings. The SMILES string of the molecule is CCC(C)(O)CNCC(O)c1ccc(C(F)(F)F)cc1. The Morgan fingerprint density at radius 1 is 1.20 bits per heavy atom. The van der Waals surface area contributed by atoms with E-state index in [4.69, 9.17) is 0 Å². The quantitative estimate of drug-likeness (QED) is 0.755. The van der Waals surface area contributed by atoms with Crippen molar-refractivity contribution in [3.8, 4) is 0 Å². The number of aliphatic hydroxyl groups excluding tert-OH is 1. The van der Waals surface area contributed by atoms with E-state index in [1.54, 1.807) is 6.92 Å². The lowest BCUT2D eigenvalue weighted by molar-refractivity contribution is -0.137. The molecule has 2 atom stereocenters. The van der Waals surface area contributed by atoms with Gasteiger partial charge in [-0.2, -0.15) is 13.2 Å². The summed E-state index contributed by atoms with van der Waals surface area (Å²) in [5.41, 5.74) is -1.20. The molecule has 0 saturated carbocycles. The molecule has 2 unspecified atom stereocenters. The van der Waals surface area contributed by atoms with E-state index in [1.165, 1.54) is 12.1 Å². The molecule has 0 heterocycles. The van der Waals surface area contributed by atoms with Crippen molar-refractivity contribution in [2.75, 3.05) is 13.1 Å². The van der Waals surface area contributed by atoms with Crippen molar-refractivity contribution in [3.63, 3.8) is 0 Å². The topological polar surface area (TPSA) is 52.5 Å². The number of hydrogen-bond donors (Lipinski definition) is 3. The predicted molar refractivity (Wildman–Crippen MR) is 70.2 cm³/mol. The molecule has 114 valence electrons. The zero-order chi connectivity index (χ0) is 15.4. The van der Waals surface area contributed by atoms with Crippen LogP contribution in [0, 0.1) is 0 Å². The minimum Gasteiger partial charge on any atom is -0.389 e. The second kappa shape index (κ2) is 6.56. The van der Waals surface area contributed by atoms with Gasteiger partial charge in [-0.05, 0) is 31.0 Å². The third-order valence-corrected chi connectivity index (χ3v) is 3.23. The summed E-state index contributed by atoms with van der Waals surface area (Å²) in [6, 6.07) is 4.40. The van der Waals surface area contributed by atoms with E-state index >= 15 is 0 Å². The van der Waals surface area contributed by atoms with Crippen LogP contribution in [0.15, 0.2) is 24.3 Å². The molecule has 20 heavy (non-hydrogen) atoms. The summed E-state index contributed by atoms with van der Waals surface area (Å²) in [5, 5.41) is 22.5. The van der Waals surface area contributed by atoms with E-state index < -0.39 is 23.4 Å². The van der Waals surface area contributed by atoms with Crippen LogP contribution in [0.1, 0.15) is 37.5 Å². The van der Waals surface area contributed by atoms with Gasteiger partial charge in [0.1, 0.15) is 0 Å². The van der Waals surface area contributed by atoms with Crippen LogP contribution in [0.3, 0.4) is 0 Å². The third-order valence-electron chi connectivity index (χ3n) is 3.23. The highest BCUT2D eigenvalue weighted by Gasteiger charge is 2.30. The van der Waals surface area contributed by atoms with Gasteiger partial charge in [0.05, 0.1) is 17.3 Å². The zero-order valence-corrected chi connectivity index (χ0v) is 11.5. The Bertz CT molecular complexity index is 415. The Morgan fingerprint density at radius 2 is 1.75 bits per heavy atom. The van der Waals surface area contributed by atoms with Crippen LogP contribution in [-0.4, -0.2) is 28.9 Å². The Hall–Kier alpha value is -1.11. The van der Waals surface area contributed by atoms with E-state index in [0.717, 1.165) is 12.1 Å². The highest BCUT2D eigenvalue weighted by atomic mass is 19.4. The van der Waals surface area contributed by atoms with Gasteiger partial charge in [-0.25, -0.2) is 0 Å². The van der Waals surface area contributed by atoms with Crippen molar-refractivity contribution in [2.24, 2.45) is 0 Å². The van der Waals surface area contributed by atoms with E-state index in [0.29, 0.717) is 18.5 Å². The van der Waals surface area contributed by atoms with Crippen molar-refractivity contribution in [1.29, 1.82) is 0 Å². The molecule has 0 fully saturated rings. The van der Waals surface area contributed by atoms with Gasteiger partial charge in [0.25, 0.3) is 0 Å². The van der Waals surface area contributed by atoms with Crippen LogP contribution >= 0.6 is 0 Å². The van der Waals surface area contributed by atoms with Crippen molar-refractivity contribution in [2.45, 2.75) is 38.1 Å². The summed E-state index contributed by atoms with van der Waals surface area (Å²) < 4.78 is 37.2. The number of alkyl halides is 3. The first-order valence-corrected chi connectivity index (χ1v) is 6.44. The summed E-state index contributed by atoms with van der Waals surface area (Å²) in [6.07, 6.45) is -4.72. The van der Waals surface area contributed by atoms with Crippen molar-refractivity contribution in [1.82, 2.24) is 5.32 Å². The van der Waals surface area contributed by atoms with E-state index in [1.807, 2.05) is 6.92 Å². The molecule has 0 saturated heterocycles. The van der Waals surface area contributed by atoms with Gasteiger partial charge in [0, 0.05) is 13.1 Å². The van der Waals surface area contributed by atoms with Gasteiger partial charge in [-0.3, -0.25) is 0 Å². The minimum absolute atomic E-state index is 0.168. The molecule has 0 amide bonds. The smallest absolute Gasteiger partial charge is 0.389 e. The maximum Gasteiger partial charge on any atom is 0.416 e. The van der Waals surface area contributed by atoms with Gasteiger partial charge >= 0.3 is 6.18 Å². The first kappa shape index (κ1) is 16.9. The lowest BCUT2D eigenvalue weighted by Gasteiger charge is -2.22. The van der Waals surface area contributed by atoms with Crippen LogP contribution < -0.4 is 5.32 Å². The summed E-state index contributed by atoms with van der Waals surface area (Å²) in [7, 11) is 0. The van der Waals surface area contributed by atoms with E-state index in [-0.39, 0.29) is 6.54 Å². The molecular weight excluding hydrogens is 271 g/mol. The molecule has 0 spiro atoms. The molecule has 1 rings (SSSR count). The molecular formula is C14H20F3NO2. The standard InChI is InChI=1S/C14H20F3NO2/c1-3-13(2,20)9-18-8-12(19)10-4-6-11(7-5-10)14(15,16)17/h4-7,12,18-20H,3,8-9H2,1-2H3. The van der Waals surface area contributed by atoms with Gasteiger partial charge in [0.15, 0.2) is 0 Å². The largest absolute Gasteiger partial charge is 0.416 e. The van der Waals surface area contributed by atoms with Crippen LogP contribution in [0.4, 0.5) is 13.2 Å². The predicted octanol–water partition coefficient (Wildman–Crippen LogP) is 2.49. The third kappa shape index (κ3) is 5.11. The first-order valence-electron chi connectivity index (χ1n) is 6.44. The zero-order valence-electron chi connectivity index (χ0n) is 11.5. The fourth-order valence-electron chi connectivity index (χ4n) is 1.62. The van der Waals surface area contributed by atoms with Crippen molar-refractivity contribution < 1.29 is 23.4 Å². The Kier molecular flexibility index (Phi) is 5.56. The average molecular weight is 291 g/mol. The highest BCUT2D eigenvalue weighted by molar-refractivity contribution is 5.26. The van der Waals surface area contributed by atoms with Gasteiger partial charge in [0.2, 0.25) is 0 Å². The second-order valence-electron chi connectivity index (χ2n) is 5.12. The summed E-state index contributed by atoms with van der Waals surface area (Å²) in [5.74, 6) is 0. The van der Waals surface area contributed by atoms with Crippen LogP contribution in [-0.2, 0) is 6.18 Å². The molecule has 1 aromatic rings. The number of benzene rings is 1. The van der Waals surface area contributed by atoms with Gasteiger partial charge < -0.3 is 15.5 Å². The summed E-state index contributed by atoms with van der Waals surface area (Å²) in [6.45, 7) is 3.99. The normalized spacial score (nSPS) is 16.8. The van der Waals surface area contributed by atoms with Crippen molar-refractivity contribution in [3.05, 3.63) is 35.4 Å². The number of nitrogens with one attached hydrogen (secondary N) is 1. The van der Waals surface area contributed by atoms with E-state index in [9.17, 15) is 23.4 Å².